The molecule has 0 aliphatic heterocycles. The fraction of sp³-hybridized carbons (Fsp3) is 0.474. The highest BCUT2D eigenvalue weighted by molar-refractivity contribution is 5.97. The maximum Gasteiger partial charge on any atom is 0.344 e. The topological polar surface area (TPSA) is 120 Å². The molecule has 1 atom stereocenters. The van der Waals surface area contributed by atoms with E-state index in [1.165, 1.54) is 39.2 Å². The molecule has 1 aromatic carbocycles. The number of ketones is 1. The lowest BCUT2D eigenvalue weighted by atomic mass is 10.1. The van der Waals surface area contributed by atoms with Crippen LogP contribution in [-0.4, -0.2) is 49.1 Å². The first-order valence-electron chi connectivity index (χ1n) is 8.57. The Bertz CT molecular complexity index is 753. The number of esters is 1. The number of urea groups is 1. The number of nitrogens with one attached hydrogen (secondary N) is 2. The second kappa shape index (κ2) is 9.72. The predicted octanol–water partition coefficient (Wildman–Crippen LogP) is 1.83. The summed E-state index contributed by atoms with van der Waals surface area (Å²) in [7, 11) is 1.40. The van der Waals surface area contributed by atoms with Gasteiger partial charge in [0.15, 0.2) is 30.0 Å². The van der Waals surface area contributed by atoms with E-state index >= 15 is 0 Å². The van der Waals surface area contributed by atoms with Crippen LogP contribution in [0.15, 0.2) is 18.2 Å². The molecule has 28 heavy (non-hydrogen) atoms. The molecule has 0 heterocycles. The van der Waals surface area contributed by atoms with Gasteiger partial charge in [0.2, 0.25) is 0 Å². The second-order valence-electron chi connectivity index (χ2n) is 7.04. The lowest BCUT2D eigenvalue weighted by Gasteiger charge is -2.21. The van der Waals surface area contributed by atoms with Crippen molar-refractivity contribution in [1.82, 2.24) is 10.6 Å². The van der Waals surface area contributed by atoms with E-state index in [2.05, 4.69) is 10.6 Å². The summed E-state index contributed by atoms with van der Waals surface area (Å²) in [5, 5.41) is 4.65. The molecule has 9 nitrogen and oxygen atoms in total. The molecule has 0 radical (unpaired) electrons. The highest BCUT2D eigenvalue weighted by Gasteiger charge is 2.22. The van der Waals surface area contributed by atoms with Crippen LogP contribution in [0.5, 0.6) is 11.5 Å². The van der Waals surface area contributed by atoms with E-state index in [1.807, 2.05) is 0 Å². The van der Waals surface area contributed by atoms with Gasteiger partial charge in [0.25, 0.3) is 5.91 Å². The van der Waals surface area contributed by atoms with E-state index in [0.29, 0.717) is 5.56 Å². The normalized spacial score (nSPS) is 11.8. The van der Waals surface area contributed by atoms with Gasteiger partial charge in [-0.1, -0.05) is 0 Å². The molecule has 0 aliphatic carbocycles. The predicted molar refractivity (Wildman–Crippen MR) is 100 cm³/mol. The third-order valence-electron chi connectivity index (χ3n) is 3.32. The molecule has 9 heteroatoms. The van der Waals surface area contributed by atoms with Crippen molar-refractivity contribution >= 4 is 23.7 Å². The standard InChI is InChI=1S/C19H26N2O7/c1-11(22)13-7-8-14(15(9-13)26-6)27-10-16(23)28-12(2)17(24)20-18(25)21-19(3,4)5/h7-9,12H,10H2,1-6H3,(H2,20,21,24,25)/t12-/m1/s1. The maximum absolute atomic E-state index is 11.9. The number of carbonyl (C=O) groups excluding carboxylic acids is 4. The van der Waals surface area contributed by atoms with Crippen molar-refractivity contribution in [2.45, 2.75) is 46.3 Å². The first-order valence-corrected chi connectivity index (χ1v) is 8.57. The van der Waals surface area contributed by atoms with Gasteiger partial charge in [-0.15, -0.1) is 0 Å². The van der Waals surface area contributed by atoms with Crippen molar-refractivity contribution in [2.24, 2.45) is 0 Å². The average molecular weight is 394 g/mol. The number of amides is 3. The van der Waals surface area contributed by atoms with Gasteiger partial charge in [-0.3, -0.25) is 14.9 Å². The molecule has 0 unspecified atom stereocenters. The minimum Gasteiger partial charge on any atom is -0.493 e. The fourth-order valence-electron chi connectivity index (χ4n) is 2.01. The van der Waals surface area contributed by atoms with Crippen molar-refractivity contribution in [3.05, 3.63) is 23.8 Å². The molecule has 1 rings (SSSR count). The molecule has 154 valence electrons. The maximum atomic E-state index is 11.9. The Labute approximate surface area is 163 Å². The number of methoxy groups -OCH3 is 1. The molecule has 0 bridgehead atoms. The van der Waals surface area contributed by atoms with Crippen LogP contribution in [-0.2, 0) is 14.3 Å². The number of imide groups is 1. The van der Waals surface area contributed by atoms with E-state index in [-0.39, 0.29) is 17.3 Å². The molecule has 0 saturated heterocycles. The SMILES string of the molecule is COc1cc(C(C)=O)ccc1OCC(=O)O[C@H](C)C(=O)NC(=O)NC(C)(C)C. The largest absolute Gasteiger partial charge is 0.493 e. The summed E-state index contributed by atoms with van der Waals surface area (Å²) in [6.45, 7) is 7.54. The van der Waals surface area contributed by atoms with Gasteiger partial charge in [-0.05, 0) is 52.8 Å². The molecule has 0 spiro atoms. The Kier molecular flexibility index (Phi) is 7.97. The van der Waals surface area contributed by atoms with Crippen LogP contribution in [0, 0.1) is 0 Å². The molecule has 0 aliphatic rings. The molecule has 2 N–H and O–H groups in total. The molecule has 0 aromatic heterocycles. The molecule has 3 amide bonds. The van der Waals surface area contributed by atoms with Crippen molar-refractivity contribution < 1.29 is 33.4 Å². The van der Waals surface area contributed by atoms with Crippen LogP contribution >= 0.6 is 0 Å². The zero-order chi connectivity index (χ0) is 21.5. The summed E-state index contributed by atoms with van der Waals surface area (Å²) in [6.07, 6.45) is -1.19. The summed E-state index contributed by atoms with van der Waals surface area (Å²) < 4.78 is 15.4. The monoisotopic (exact) mass is 394 g/mol. The van der Waals surface area contributed by atoms with Crippen LogP contribution in [0.25, 0.3) is 0 Å². The quantitative estimate of drug-likeness (QED) is 0.535. The van der Waals surface area contributed by atoms with Gasteiger partial charge >= 0.3 is 12.0 Å². The highest BCUT2D eigenvalue weighted by atomic mass is 16.6. The molecule has 0 saturated carbocycles. The molecular weight excluding hydrogens is 368 g/mol. The van der Waals surface area contributed by atoms with Gasteiger partial charge in [0.1, 0.15) is 0 Å². The number of Topliss-reactive ketones (excluding diaryl/α,β-unsaturated/α-hetero) is 1. The summed E-state index contributed by atoms with van der Waals surface area (Å²) in [5.41, 5.74) is -0.0830. The average Bonchev–Trinajstić information content (AvgIpc) is 2.57. The Morgan fingerprint density at radius 2 is 1.75 bits per heavy atom. The summed E-state index contributed by atoms with van der Waals surface area (Å²) in [5.74, 6) is -1.19. The lowest BCUT2D eigenvalue weighted by molar-refractivity contribution is -0.156. The number of carbonyl (C=O) groups is 4. The van der Waals surface area contributed by atoms with E-state index in [1.54, 1.807) is 20.8 Å². The Balaban J connectivity index is 2.57. The number of benzene rings is 1. The van der Waals surface area contributed by atoms with E-state index in [4.69, 9.17) is 14.2 Å². The van der Waals surface area contributed by atoms with Gasteiger partial charge in [-0.2, -0.15) is 0 Å². The van der Waals surface area contributed by atoms with E-state index in [0.717, 1.165) is 0 Å². The van der Waals surface area contributed by atoms with E-state index in [9.17, 15) is 19.2 Å². The summed E-state index contributed by atoms with van der Waals surface area (Å²) in [6, 6.07) is 3.84. The van der Waals surface area contributed by atoms with E-state index < -0.39 is 36.2 Å². The Hall–Kier alpha value is -3.10. The Morgan fingerprint density at radius 1 is 1.11 bits per heavy atom. The van der Waals surface area contributed by atoms with Gasteiger partial charge < -0.3 is 19.5 Å². The second-order valence-corrected chi connectivity index (χ2v) is 7.04. The van der Waals surface area contributed by atoms with Gasteiger partial charge in [-0.25, -0.2) is 9.59 Å². The van der Waals surface area contributed by atoms with Crippen molar-refractivity contribution in [3.8, 4) is 11.5 Å². The molecule has 1 aromatic rings. The minimum atomic E-state index is -1.19. The number of ether oxygens (including phenoxy) is 3. The summed E-state index contributed by atoms with van der Waals surface area (Å²) in [4.78, 5) is 46.9. The van der Waals surface area contributed by atoms with Crippen molar-refractivity contribution in [3.63, 3.8) is 0 Å². The van der Waals surface area contributed by atoms with Crippen LogP contribution in [0.1, 0.15) is 45.0 Å². The van der Waals surface area contributed by atoms with Crippen LogP contribution in [0.4, 0.5) is 4.79 Å². The van der Waals surface area contributed by atoms with Crippen molar-refractivity contribution in [2.75, 3.05) is 13.7 Å². The molecule has 0 fully saturated rings. The van der Waals surface area contributed by atoms with Crippen molar-refractivity contribution in [1.29, 1.82) is 0 Å². The van der Waals surface area contributed by atoms with Gasteiger partial charge in [0.05, 0.1) is 7.11 Å². The number of rotatable bonds is 7. The summed E-state index contributed by atoms with van der Waals surface area (Å²) >= 11 is 0. The number of hydrogen-bond donors (Lipinski definition) is 2. The van der Waals surface area contributed by atoms with Crippen LogP contribution < -0.4 is 20.1 Å². The Morgan fingerprint density at radius 3 is 2.29 bits per heavy atom. The zero-order valence-electron chi connectivity index (χ0n) is 16.9. The highest BCUT2D eigenvalue weighted by Crippen LogP contribution is 2.28. The third-order valence-corrected chi connectivity index (χ3v) is 3.32. The lowest BCUT2D eigenvalue weighted by Crippen LogP contribution is -2.50. The minimum absolute atomic E-state index is 0.139. The van der Waals surface area contributed by atoms with Gasteiger partial charge in [0, 0.05) is 11.1 Å². The zero-order valence-corrected chi connectivity index (χ0v) is 16.9. The van der Waals surface area contributed by atoms with Crippen LogP contribution in [0.2, 0.25) is 0 Å². The smallest absolute Gasteiger partial charge is 0.344 e. The fourth-order valence-corrected chi connectivity index (χ4v) is 2.01. The molecular formula is C19H26N2O7. The first kappa shape index (κ1) is 22.9. The third kappa shape index (κ3) is 7.65. The first-order chi connectivity index (χ1) is 12.9. The number of hydrogen-bond acceptors (Lipinski definition) is 7. The van der Waals surface area contributed by atoms with Crippen LogP contribution in [0.3, 0.4) is 0 Å².